The lowest BCUT2D eigenvalue weighted by Crippen LogP contribution is -2.21. The van der Waals surface area contributed by atoms with E-state index in [0.717, 1.165) is 12.2 Å². The van der Waals surface area contributed by atoms with Crippen molar-refractivity contribution < 1.29 is 33.3 Å². The van der Waals surface area contributed by atoms with Crippen LogP contribution in [0.4, 0.5) is 5.82 Å². The number of aromatic nitrogens is 2. The summed E-state index contributed by atoms with van der Waals surface area (Å²) in [6, 6.07) is 18.6. The average Bonchev–Trinajstić information content (AvgIpc) is 3.00. The minimum absolute atomic E-state index is 0.00427. The summed E-state index contributed by atoms with van der Waals surface area (Å²) in [4.78, 5) is 47.6. The molecule has 0 saturated carbocycles. The van der Waals surface area contributed by atoms with E-state index in [0.29, 0.717) is 47.0 Å². The Kier molecular flexibility index (Phi) is 8.12. The Labute approximate surface area is 235 Å². The van der Waals surface area contributed by atoms with Crippen LogP contribution in [-0.4, -0.2) is 54.8 Å². The quantitative estimate of drug-likeness (QED) is 0.164. The van der Waals surface area contributed by atoms with Crippen molar-refractivity contribution in [1.29, 1.82) is 0 Å². The van der Waals surface area contributed by atoms with Crippen molar-refractivity contribution in [2.45, 2.75) is 0 Å². The van der Waals surface area contributed by atoms with E-state index in [9.17, 15) is 14.4 Å². The standard InChI is InChI=1S/C31H25N3O7/c1-38-12-13-40-29-16-22-21(14-28(29)39-2)31(33-18-32-22)34-23-15-25(36)27(17-24(23)35)41-26-11-7-6-10-20(26)30(37)19-8-4-3-5-9-19/h3-11,14-18H,12-13H2,1-2H3,(H,32,33,34). The molecule has 0 atom stereocenters. The first kappa shape index (κ1) is 27.2. The topological polar surface area (TPSA) is 126 Å². The van der Waals surface area contributed by atoms with Gasteiger partial charge in [0, 0.05) is 36.3 Å². The van der Waals surface area contributed by atoms with Gasteiger partial charge in [-0.25, -0.2) is 9.97 Å². The maximum Gasteiger partial charge on any atom is 0.223 e. The zero-order valence-corrected chi connectivity index (χ0v) is 22.2. The Hall–Kier alpha value is -5.35. The molecule has 0 spiro atoms. The number of benzene rings is 3. The van der Waals surface area contributed by atoms with Gasteiger partial charge in [-0.1, -0.05) is 42.5 Å². The predicted octanol–water partition coefficient (Wildman–Crippen LogP) is 4.31. The zero-order chi connectivity index (χ0) is 28.8. The molecule has 1 aromatic heterocycles. The number of carbonyl (C=O) groups excluding carboxylic acids is 3. The fraction of sp³-hybridized carbons (Fsp3) is 0.129. The second kappa shape index (κ2) is 12.2. The van der Waals surface area contributed by atoms with Gasteiger partial charge in [-0.05, 0) is 18.2 Å². The molecule has 10 nitrogen and oxygen atoms in total. The predicted molar refractivity (Wildman–Crippen MR) is 150 cm³/mol. The monoisotopic (exact) mass is 551 g/mol. The normalized spacial score (nSPS) is 12.9. The summed E-state index contributed by atoms with van der Waals surface area (Å²) in [5.41, 5.74) is 1.26. The van der Waals surface area contributed by atoms with Gasteiger partial charge < -0.3 is 24.3 Å². The van der Waals surface area contributed by atoms with Crippen molar-refractivity contribution in [3.05, 3.63) is 108 Å². The van der Waals surface area contributed by atoms with Crippen LogP contribution in [0.25, 0.3) is 10.9 Å². The SMILES string of the molecule is COCCOc1cc2ncnc(NC3=CC(=O)C(Oc4ccccc4C(=O)c4ccccc4)=CC3=O)c2cc1OC. The van der Waals surface area contributed by atoms with Crippen molar-refractivity contribution in [2.75, 3.05) is 32.8 Å². The number of hydrogen-bond acceptors (Lipinski definition) is 10. The molecule has 1 heterocycles. The van der Waals surface area contributed by atoms with Crippen molar-refractivity contribution in [3.63, 3.8) is 0 Å². The minimum Gasteiger partial charge on any atom is -0.493 e. The van der Waals surface area contributed by atoms with Crippen LogP contribution in [0.1, 0.15) is 15.9 Å². The summed E-state index contributed by atoms with van der Waals surface area (Å²) in [5.74, 6) is -0.180. The Balaban J connectivity index is 1.37. The van der Waals surface area contributed by atoms with E-state index in [1.165, 1.54) is 13.4 Å². The molecule has 1 aliphatic rings. The number of anilines is 1. The lowest BCUT2D eigenvalue weighted by molar-refractivity contribution is -0.116. The number of fused-ring (bicyclic) bond motifs is 1. The minimum atomic E-state index is -0.557. The summed E-state index contributed by atoms with van der Waals surface area (Å²) >= 11 is 0. The van der Waals surface area contributed by atoms with Crippen LogP contribution in [0.3, 0.4) is 0 Å². The van der Waals surface area contributed by atoms with Crippen molar-refractivity contribution in [3.8, 4) is 17.2 Å². The third-order valence-electron chi connectivity index (χ3n) is 6.15. The number of nitrogens with one attached hydrogen (secondary N) is 1. The first-order chi connectivity index (χ1) is 20.0. The van der Waals surface area contributed by atoms with Gasteiger partial charge in [0.05, 0.1) is 30.5 Å². The maximum atomic E-state index is 13.0. The molecule has 0 bridgehead atoms. The Morgan fingerprint density at radius 1 is 0.829 bits per heavy atom. The van der Waals surface area contributed by atoms with Crippen LogP contribution in [-0.2, 0) is 14.3 Å². The zero-order valence-electron chi connectivity index (χ0n) is 22.2. The Bertz CT molecular complexity index is 1700. The fourth-order valence-corrected chi connectivity index (χ4v) is 4.12. The van der Waals surface area contributed by atoms with Crippen LogP contribution in [0.15, 0.2) is 96.7 Å². The maximum absolute atomic E-state index is 13.0. The third kappa shape index (κ3) is 5.97. The summed E-state index contributed by atoms with van der Waals surface area (Å²) < 4.78 is 22.0. The van der Waals surface area contributed by atoms with Crippen LogP contribution in [0.5, 0.6) is 17.2 Å². The molecule has 1 aliphatic carbocycles. The lowest BCUT2D eigenvalue weighted by Gasteiger charge is -2.17. The lowest BCUT2D eigenvalue weighted by atomic mass is 10.0. The fourth-order valence-electron chi connectivity index (χ4n) is 4.12. The van der Waals surface area contributed by atoms with Gasteiger partial charge in [-0.2, -0.15) is 0 Å². The molecule has 0 radical (unpaired) electrons. The van der Waals surface area contributed by atoms with E-state index >= 15 is 0 Å². The Morgan fingerprint density at radius 3 is 2.39 bits per heavy atom. The third-order valence-corrected chi connectivity index (χ3v) is 6.15. The van der Waals surface area contributed by atoms with E-state index in [1.807, 2.05) is 6.07 Å². The molecular formula is C31H25N3O7. The molecule has 0 aliphatic heterocycles. The molecular weight excluding hydrogens is 526 g/mol. The van der Waals surface area contributed by atoms with Gasteiger partial charge in [0.2, 0.25) is 11.6 Å². The van der Waals surface area contributed by atoms with E-state index in [1.54, 1.807) is 67.8 Å². The molecule has 1 N–H and O–H groups in total. The molecule has 0 saturated heterocycles. The van der Waals surface area contributed by atoms with Gasteiger partial charge in [0.15, 0.2) is 23.0 Å². The first-order valence-electron chi connectivity index (χ1n) is 12.6. The second-order valence-corrected chi connectivity index (χ2v) is 8.80. The summed E-state index contributed by atoms with van der Waals surface area (Å²) in [7, 11) is 3.08. The summed E-state index contributed by atoms with van der Waals surface area (Å²) in [5, 5.41) is 3.48. The highest BCUT2D eigenvalue weighted by Gasteiger charge is 2.25. The highest BCUT2D eigenvalue weighted by molar-refractivity contribution is 6.20. The Morgan fingerprint density at radius 2 is 1.61 bits per heavy atom. The highest BCUT2D eigenvalue weighted by atomic mass is 16.5. The summed E-state index contributed by atoms with van der Waals surface area (Å²) in [6.45, 7) is 0.718. The molecule has 0 unspecified atom stereocenters. The number of methoxy groups -OCH3 is 2. The average molecular weight is 552 g/mol. The molecule has 10 heteroatoms. The van der Waals surface area contributed by atoms with Crippen LogP contribution in [0.2, 0.25) is 0 Å². The molecule has 5 rings (SSSR count). The van der Waals surface area contributed by atoms with Gasteiger partial charge in [-0.3, -0.25) is 14.4 Å². The number of hydrogen-bond donors (Lipinski definition) is 1. The highest BCUT2D eigenvalue weighted by Crippen LogP contribution is 2.34. The van der Waals surface area contributed by atoms with Gasteiger partial charge in [0.1, 0.15) is 24.5 Å². The molecule has 41 heavy (non-hydrogen) atoms. The van der Waals surface area contributed by atoms with E-state index < -0.39 is 11.6 Å². The summed E-state index contributed by atoms with van der Waals surface area (Å²) in [6.07, 6.45) is 3.55. The first-order valence-corrected chi connectivity index (χ1v) is 12.6. The number of ether oxygens (including phenoxy) is 4. The van der Waals surface area contributed by atoms with Crippen LogP contribution < -0.4 is 19.5 Å². The van der Waals surface area contributed by atoms with Crippen LogP contribution >= 0.6 is 0 Å². The van der Waals surface area contributed by atoms with E-state index in [4.69, 9.17) is 18.9 Å². The molecule has 4 aromatic rings. The van der Waals surface area contributed by atoms with E-state index in [-0.39, 0.29) is 28.6 Å². The largest absolute Gasteiger partial charge is 0.493 e. The number of nitrogens with zero attached hydrogens (tertiary/aromatic N) is 2. The van der Waals surface area contributed by atoms with Gasteiger partial charge in [-0.15, -0.1) is 0 Å². The second-order valence-electron chi connectivity index (χ2n) is 8.80. The number of para-hydroxylation sites is 1. The number of carbonyl (C=O) groups is 3. The van der Waals surface area contributed by atoms with Crippen molar-refractivity contribution in [1.82, 2.24) is 9.97 Å². The molecule has 3 aromatic carbocycles. The van der Waals surface area contributed by atoms with Crippen molar-refractivity contribution >= 4 is 34.1 Å². The van der Waals surface area contributed by atoms with Gasteiger partial charge >= 0.3 is 0 Å². The number of ketones is 3. The smallest absolute Gasteiger partial charge is 0.223 e. The molecule has 206 valence electrons. The van der Waals surface area contributed by atoms with E-state index in [2.05, 4.69) is 15.3 Å². The van der Waals surface area contributed by atoms with Crippen LogP contribution in [0, 0.1) is 0 Å². The molecule has 0 amide bonds. The van der Waals surface area contributed by atoms with Crippen molar-refractivity contribution in [2.24, 2.45) is 0 Å². The number of rotatable bonds is 11. The number of allylic oxidation sites excluding steroid dienone is 2. The molecule has 0 fully saturated rings. The van der Waals surface area contributed by atoms with Gasteiger partial charge in [0.25, 0.3) is 0 Å².